The van der Waals surface area contributed by atoms with Crippen LogP contribution in [0.1, 0.15) is 27.6 Å². The van der Waals surface area contributed by atoms with Crippen LogP contribution in [0.4, 0.5) is 5.69 Å². The number of anilines is 1. The number of hydrogen-bond acceptors (Lipinski definition) is 5. The van der Waals surface area contributed by atoms with Crippen molar-refractivity contribution >= 4 is 11.6 Å². The van der Waals surface area contributed by atoms with E-state index < -0.39 is 0 Å². The molecule has 0 atom stereocenters. The summed E-state index contributed by atoms with van der Waals surface area (Å²) in [6.07, 6.45) is 5.24. The van der Waals surface area contributed by atoms with E-state index in [1.165, 1.54) is 6.26 Å². The molecule has 4 aromatic rings. The Morgan fingerprint density at radius 3 is 2.67 bits per heavy atom. The van der Waals surface area contributed by atoms with Crippen LogP contribution in [0.3, 0.4) is 0 Å². The topological polar surface area (TPSA) is 86.1 Å². The minimum Gasteiger partial charge on any atom is -0.459 e. The molecule has 0 bridgehead atoms. The highest BCUT2D eigenvalue weighted by atomic mass is 16.4. The Morgan fingerprint density at radius 1 is 1.19 bits per heavy atom. The van der Waals surface area contributed by atoms with Crippen molar-refractivity contribution in [1.82, 2.24) is 14.8 Å². The van der Waals surface area contributed by atoms with E-state index in [9.17, 15) is 4.79 Å². The van der Waals surface area contributed by atoms with Crippen molar-refractivity contribution in [3.8, 4) is 11.5 Å². The Balaban J connectivity index is 1.49. The molecule has 1 amide bonds. The second kappa shape index (κ2) is 6.95. The van der Waals surface area contributed by atoms with Gasteiger partial charge >= 0.3 is 0 Å². The van der Waals surface area contributed by atoms with Gasteiger partial charge in [0.1, 0.15) is 11.5 Å². The van der Waals surface area contributed by atoms with Crippen LogP contribution in [0.15, 0.2) is 63.9 Å². The first-order chi connectivity index (χ1) is 13.1. The van der Waals surface area contributed by atoms with E-state index in [4.69, 9.17) is 8.83 Å². The summed E-state index contributed by atoms with van der Waals surface area (Å²) in [5.41, 5.74) is 3.43. The lowest BCUT2D eigenvalue weighted by Gasteiger charge is -2.03. The van der Waals surface area contributed by atoms with Crippen molar-refractivity contribution in [2.75, 3.05) is 5.32 Å². The average molecular weight is 362 g/mol. The highest BCUT2D eigenvalue weighted by Gasteiger charge is 2.13. The molecule has 1 N–H and O–H groups in total. The van der Waals surface area contributed by atoms with Crippen molar-refractivity contribution in [1.29, 1.82) is 0 Å². The quantitative estimate of drug-likeness (QED) is 0.579. The Morgan fingerprint density at radius 2 is 2.00 bits per heavy atom. The lowest BCUT2D eigenvalue weighted by atomic mass is 10.2. The summed E-state index contributed by atoms with van der Waals surface area (Å²) in [4.78, 5) is 16.6. The molecule has 0 unspecified atom stereocenters. The van der Waals surface area contributed by atoms with E-state index in [1.807, 2.05) is 43.1 Å². The summed E-state index contributed by atoms with van der Waals surface area (Å²) in [7, 11) is 0. The smallest absolute Gasteiger partial charge is 0.291 e. The molecule has 27 heavy (non-hydrogen) atoms. The Bertz CT molecular complexity index is 1060. The number of nitrogens with one attached hydrogen (secondary N) is 1. The van der Waals surface area contributed by atoms with Crippen LogP contribution >= 0.6 is 0 Å². The van der Waals surface area contributed by atoms with E-state index in [-0.39, 0.29) is 11.7 Å². The molecule has 0 aliphatic heterocycles. The van der Waals surface area contributed by atoms with Gasteiger partial charge in [0.25, 0.3) is 5.91 Å². The Hall–Kier alpha value is -3.61. The van der Waals surface area contributed by atoms with E-state index in [0.29, 0.717) is 18.1 Å². The number of furan rings is 1. The maximum Gasteiger partial charge on any atom is 0.291 e. The van der Waals surface area contributed by atoms with Gasteiger partial charge in [-0.15, -0.1) is 0 Å². The van der Waals surface area contributed by atoms with Gasteiger partial charge in [0.15, 0.2) is 5.76 Å². The number of hydrogen-bond donors (Lipinski definition) is 1. The first-order valence-electron chi connectivity index (χ1n) is 8.49. The zero-order valence-corrected chi connectivity index (χ0v) is 15.0. The number of aryl methyl sites for hydroxylation is 2. The number of rotatable bonds is 5. The summed E-state index contributed by atoms with van der Waals surface area (Å²) < 4.78 is 12.7. The maximum atomic E-state index is 12.0. The van der Waals surface area contributed by atoms with Gasteiger partial charge in [-0.3, -0.25) is 9.48 Å². The zero-order valence-electron chi connectivity index (χ0n) is 15.0. The molecule has 0 spiro atoms. The standard InChI is InChI=1S/C20H18N4O3/c1-13-10-21-24(11-13)12-17-14(2)27-20(23-17)15-5-7-16(8-6-15)22-19(25)18-4-3-9-26-18/h3-11H,12H2,1-2H3,(H,22,25). The predicted molar refractivity (Wildman–Crippen MR) is 99.4 cm³/mol. The molecule has 3 heterocycles. The summed E-state index contributed by atoms with van der Waals surface area (Å²) in [6.45, 7) is 4.44. The number of amides is 1. The molecule has 0 aliphatic carbocycles. The van der Waals surface area contributed by atoms with Crippen LogP contribution in [-0.4, -0.2) is 20.7 Å². The average Bonchev–Trinajstić information content (AvgIpc) is 3.39. The fraction of sp³-hybridized carbons (Fsp3) is 0.150. The molecule has 0 saturated heterocycles. The molecule has 0 radical (unpaired) electrons. The molecular formula is C20H18N4O3. The Labute approximate surface area is 155 Å². The van der Waals surface area contributed by atoms with E-state index in [2.05, 4.69) is 15.4 Å². The van der Waals surface area contributed by atoms with Crippen molar-refractivity contribution in [2.24, 2.45) is 0 Å². The van der Waals surface area contributed by atoms with Crippen molar-refractivity contribution in [3.63, 3.8) is 0 Å². The van der Waals surface area contributed by atoms with Crippen LogP contribution < -0.4 is 5.32 Å². The van der Waals surface area contributed by atoms with Gasteiger partial charge in [-0.2, -0.15) is 5.10 Å². The summed E-state index contributed by atoms with van der Waals surface area (Å²) in [5, 5.41) is 7.06. The molecule has 0 aliphatic rings. The molecule has 136 valence electrons. The van der Waals surface area contributed by atoms with Crippen molar-refractivity contribution in [3.05, 3.63) is 77.8 Å². The van der Waals surface area contributed by atoms with E-state index >= 15 is 0 Å². The summed E-state index contributed by atoms with van der Waals surface area (Å²) in [6, 6.07) is 10.6. The SMILES string of the molecule is Cc1cnn(Cc2nc(-c3ccc(NC(=O)c4ccco4)cc3)oc2C)c1. The molecule has 4 rings (SSSR count). The minimum atomic E-state index is -0.295. The monoisotopic (exact) mass is 362 g/mol. The molecule has 7 heteroatoms. The first kappa shape index (κ1) is 16.8. The van der Waals surface area contributed by atoms with Crippen LogP contribution in [0, 0.1) is 13.8 Å². The second-order valence-corrected chi connectivity index (χ2v) is 6.25. The number of benzene rings is 1. The summed E-state index contributed by atoms with van der Waals surface area (Å²) in [5.74, 6) is 1.26. The fourth-order valence-corrected chi connectivity index (χ4v) is 2.70. The molecule has 3 aromatic heterocycles. The molecular weight excluding hydrogens is 344 g/mol. The number of carbonyl (C=O) groups excluding carboxylic acids is 1. The van der Waals surface area contributed by atoms with Gasteiger partial charge in [-0.05, 0) is 55.8 Å². The molecule has 0 saturated carbocycles. The lowest BCUT2D eigenvalue weighted by molar-refractivity contribution is 0.0996. The normalized spacial score (nSPS) is 10.9. The van der Waals surface area contributed by atoms with Crippen LogP contribution in [0.25, 0.3) is 11.5 Å². The maximum absolute atomic E-state index is 12.0. The number of nitrogens with zero attached hydrogens (tertiary/aromatic N) is 3. The van der Waals surface area contributed by atoms with Gasteiger partial charge in [-0.25, -0.2) is 4.98 Å². The molecule has 0 fully saturated rings. The van der Waals surface area contributed by atoms with Gasteiger partial charge in [0.2, 0.25) is 5.89 Å². The lowest BCUT2D eigenvalue weighted by Crippen LogP contribution is -2.10. The van der Waals surface area contributed by atoms with Gasteiger partial charge in [0, 0.05) is 17.4 Å². The minimum absolute atomic E-state index is 0.265. The highest BCUT2D eigenvalue weighted by molar-refractivity contribution is 6.02. The number of aromatic nitrogens is 3. The van der Waals surface area contributed by atoms with E-state index in [0.717, 1.165) is 22.6 Å². The van der Waals surface area contributed by atoms with E-state index in [1.54, 1.807) is 24.3 Å². The number of carbonyl (C=O) groups is 1. The van der Waals surface area contributed by atoms with Crippen molar-refractivity contribution in [2.45, 2.75) is 20.4 Å². The van der Waals surface area contributed by atoms with Crippen LogP contribution in [0.5, 0.6) is 0 Å². The second-order valence-electron chi connectivity index (χ2n) is 6.25. The predicted octanol–water partition coefficient (Wildman–Crippen LogP) is 4.05. The molecule has 7 nitrogen and oxygen atoms in total. The zero-order chi connectivity index (χ0) is 18.8. The molecule has 1 aromatic carbocycles. The highest BCUT2D eigenvalue weighted by Crippen LogP contribution is 2.24. The van der Waals surface area contributed by atoms with Crippen LogP contribution in [0.2, 0.25) is 0 Å². The summed E-state index contributed by atoms with van der Waals surface area (Å²) >= 11 is 0. The largest absolute Gasteiger partial charge is 0.459 e. The van der Waals surface area contributed by atoms with Gasteiger partial charge in [0.05, 0.1) is 19.0 Å². The van der Waals surface area contributed by atoms with Crippen LogP contribution in [-0.2, 0) is 6.54 Å². The third-order valence-corrected chi connectivity index (χ3v) is 4.10. The van der Waals surface area contributed by atoms with Gasteiger partial charge in [-0.1, -0.05) is 0 Å². The first-order valence-corrected chi connectivity index (χ1v) is 8.49. The third-order valence-electron chi connectivity index (χ3n) is 4.10. The van der Waals surface area contributed by atoms with Crippen molar-refractivity contribution < 1.29 is 13.6 Å². The number of oxazole rings is 1. The Kier molecular flexibility index (Phi) is 4.33. The third kappa shape index (κ3) is 3.67. The van der Waals surface area contributed by atoms with Gasteiger partial charge < -0.3 is 14.2 Å². The fourth-order valence-electron chi connectivity index (χ4n) is 2.70.